The van der Waals surface area contributed by atoms with E-state index in [0.717, 1.165) is 32.1 Å². The molecular formula is C26H28N2O6S. The maximum Gasteiger partial charge on any atom is 0.323 e. The van der Waals surface area contributed by atoms with Gasteiger partial charge in [0.05, 0.1) is 31.8 Å². The number of hydrogen-bond acceptors (Lipinski definition) is 7. The van der Waals surface area contributed by atoms with Gasteiger partial charge < -0.3 is 28.6 Å². The number of aryl methyl sites for hydroxylation is 1. The second kappa shape index (κ2) is 11.1. The highest BCUT2D eigenvalue weighted by Crippen LogP contribution is 2.37. The predicted octanol–water partition coefficient (Wildman–Crippen LogP) is 5.41. The molecule has 0 bridgehead atoms. The van der Waals surface area contributed by atoms with Crippen LogP contribution in [-0.4, -0.2) is 47.6 Å². The number of thiazole rings is 1. The lowest BCUT2D eigenvalue weighted by Gasteiger charge is -2.12. The average Bonchev–Trinajstić information content (AvgIpc) is 3.41. The molecule has 4 aromatic rings. The summed E-state index contributed by atoms with van der Waals surface area (Å²) in [5.74, 6) is 1.84. The zero-order chi connectivity index (χ0) is 24.8. The minimum absolute atomic E-state index is 0.0662. The third kappa shape index (κ3) is 5.86. The molecule has 8 nitrogen and oxygen atoms in total. The van der Waals surface area contributed by atoms with Crippen molar-refractivity contribution in [1.82, 2.24) is 9.55 Å². The van der Waals surface area contributed by atoms with Gasteiger partial charge in [-0.25, -0.2) is 4.98 Å². The summed E-state index contributed by atoms with van der Waals surface area (Å²) < 4.78 is 24.6. The van der Waals surface area contributed by atoms with Gasteiger partial charge in [0.2, 0.25) is 5.88 Å². The molecule has 0 radical (unpaired) electrons. The third-order valence-corrected chi connectivity index (χ3v) is 6.31. The summed E-state index contributed by atoms with van der Waals surface area (Å²) in [6.45, 7) is 5.41. The number of rotatable bonds is 12. The smallest absolute Gasteiger partial charge is 0.323 e. The lowest BCUT2D eigenvalue weighted by molar-refractivity contribution is -0.137. The number of fused-ring (bicyclic) bond motifs is 1. The maximum atomic E-state index is 11.0. The molecule has 0 fully saturated rings. The second-order valence-electron chi connectivity index (χ2n) is 7.79. The molecule has 2 aromatic carbocycles. The van der Waals surface area contributed by atoms with Crippen molar-refractivity contribution in [2.45, 2.75) is 26.8 Å². The largest absolute Gasteiger partial charge is 0.493 e. The average molecular weight is 497 g/mol. The van der Waals surface area contributed by atoms with Gasteiger partial charge in [-0.05, 0) is 56.3 Å². The molecule has 35 heavy (non-hydrogen) atoms. The number of nitrogens with zero attached hydrogens (tertiary/aromatic N) is 2. The van der Waals surface area contributed by atoms with Crippen LogP contribution in [0.5, 0.6) is 23.1 Å². The first-order chi connectivity index (χ1) is 17.0. The van der Waals surface area contributed by atoms with E-state index in [1.807, 2.05) is 56.3 Å². The summed E-state index contributed by atoms with van der Waals surface area (Å²) in [4.78, 5) is 16.6. The monoisotopic (exact) mass is 496 g/mol. The predicted molar refractivity (Wildman–Crippen MR) is 135 cm³/mol. The lowest BCUT2D eigenvalue weighted by Crippen LogP contribution is -2.07. The summed E-state index contributed by atoms with van der Waals surface area (Å²) in [5, 5.41) is 10.8. The first-order valence-corrected chi connectivity index (χ1v) is 12.1. The van der Waals surface area contributed by atoms with E-state index in [2.05, 4.69) is 4.98 Å². The Morgan fingerprint density at radius 1 is 1.06 bits per heavy atom. The van der Waals surface area contributed by atoms with Crippen LogP contribution in [0.2, 0.25) is 0 Å². The van der Waals surface area contributed by atoms with Crippen LogP contribution in [0.3, 0.4) is 0 Å². The minimum Gasteiger partial charge on any atom is -0.493 e. The van der Waals surface area contributed by atoms with Gasteiger partial charge in [-0.15, -0.1) is 11.3 Å². The normalized spacial score (nSPS) is 10.9. The number of aliphatic carboxylic acids is 1. The topological polar surface area (TPSA) is 92.0 Å². The van der Waals surface area contributed by atoms with Crippen molar-refractivity contribution in [3.63, 3.8) is 0 Å². The molecule has 0 spiro atoms. The van der Waals surface area contributed by atoms with Crippen molar-refractivity contribution in [2.75, 3.05) is 26.9 Å². The van der Waals surface area contributed by atoms with E-state index in [0.29, 0.717) is 43.6 Å². The number of hydrogen-bond donors (Lipinski definition) is 1. The van der Waals surface area contributed by atoms with Crippen LogP contribution >= 0.6 is 11.3 Å². The van der Waals surface area contributed by atoms with Crippen LogP contribution in [0.25, 0.3) is 21.5 Å². The SMILES string of the molecule is CCOc1nc(-c2ccc(OCCCOc3ccc4c(ccn4CC(=O)O)c3)c(OC)c2)sc1C. The Hall–Kier alpha value is -3.72. The van der Waals surface area contributed by atoms with E-state index in [-0.39, 0.29) is 6.54 Å². The number of methoxy groups -OCH3 is 1. The summed E-state index contributed by atoms with van der Waals surface area (Å²) >= 11 is 1.58. The van der Waals surface area contributed by atoms with Gasteiger partial charge in [-0.2, -0.15) is 0 Å². The van der Waals surface area contributed by atoms with E-state index in [4.69, 9.17) is 24.1 Å². The van der Waals surface area contributed by atoms with Gasteiger partial charge in [0, 0.05) is 29.1 Å². The molecular weight excluding hydrogens is 468 g/mol. The van der Waals surface area contributed by atoms with Gasteiger partial charge in [0.1, 0.15) is 17.3 Å². The van der Waals surface area contributed by atoms with Crippen molar-refractivity contribution in [3.05, 3.63) is 53.5 Å². The molecule has 1 N–H and O–H groups in total. The van der Waals surface area contributed by atoms with E-state index < -0.39 is 5.97 Å². The second-order valence-corrected chi connectivity index (χ2v) is 8.99. The van der Waals surface area contributed by atoms with E-state index in [9.17, 15) is 4.79 Å². The van der Waals surface area contributed by atoms with Crippen molar-refractivity contribution in [1.29, 1.82) is 0 Å². The highest BCUT2D eigenvalue weighted by molar-refractivity contribution is 7.15. The molecule has 0 aliphatic rings. The Kier molecular flexibility index (Phi) is 7.77. The molecule has 0 aliphatic heterocycles. The summed E-state index contributed by atoms with van der Waals surface area (Å²) in [6.07, 6.45) is 2.45. The Labute approximate surface area is 207 Å². The molecule has 2 heterocycles. The number of ether oxygens (including phenoxy) is 4. The molecule has 0 saturated heterocycles. The van der Waals surface area contributed by atoms with Gasteiger partial charge in [0.15, 0.2) is 11.5 Å². The molecule has 0 aliphatic carbocycles. The van der Waals surface area contributed by atoms with Crippen LogP contribution in [0, 0.1) is 6.92 Å². The van der Waals surface area contributed by atoms with Crippen LogP contribution < -0.4 is 18.9 Å². The standard InChI is InChI=1S/C26H28N2O6S/c1-4-32-25-17(2)35-26(27-25)19-6-9-22(23(15-19)31-3)34-13-5-12-33-20-7-8-21-18(14-20)10-11-28(21)16-24(29)30/h6-11,14-15H,4-5,12-13,16H2,1-3H3,(H,29,30). The zero-order valence-corrected chi connectivity index (χ0v) is 20.8. The fourth-order valence-electron chi connectivity index (χ4n) is 3.68. The Bertz CT molecular complexity index is 1310. The number of carboxylic acids is 1. The number of aromatic nitrogens is 2. The quantitative estimate of drug-likeness (QED) is 0.262. The van der Waals surface area contributed by atoms with Gasteiger partial charge in [0.25, 0.3) is 0 Å². The first kappa shape index (κ1) is 24.4. The summed E-state index contributed by atoms with van der Waals surface area (Å²) in [7, 11) is 1.62. The molecule has 184 valence electrons. The van der Waals surface area contributed by atoms with Crippen LogP contribution in [0.4, 0.5) is 0 Å². The number of carbonyl (C=O) groups is 1. The van der Waals surface area contributed by atoms with E-state index in [1.165, 1.54) is 0 Å². The van der Waals surface area contributed by atoms with Crippen molar-refractivity contribution in [3.8, 4) is 33.7 Å². The molecule has 2 aromatic heterocycles. The lowest BCUT2D eigenvalue weighted by atomic mass is 10.2. The Morgan fingerprint density at radius 3 is 2.66 bits per heavy atom. The Balaban J connectivity index is 1.30. The number of carboxylic acid groups (broad SMARTS) is 1. The van der Waals surface area contributed by atoms with Crippen molar-refractivity contribution >= 4 is 28.2 Å². The van der Waals surface area contributed by atoms with Gasteiger partial charge in [-0.1, -0.05) is 0 Å². The molecule has 0 saturated carbocycles. The summed E-state index contributed by atoms with van der Waals surface area (Å²) in [5.41, 5.74) is 1.81. The van der Waals surface area contributed by atoms with Crippen molar-refractivity contribution in [2.24, 2.45) is 0 Å². The molecule has 0 amide bonds. The van der Waals surface area contributed by atoms with Crippen LogP contribution in [-0.2, 0) is 11.3 Å². The third-order valence-electron chi connectivity index (χ3n) is 5.31. The van der Waals surface area contributed by atoms with E-state index in [1.54, 1.807) is 29.2 Å². The zero-order valence-electron chi connectivity index (χ0n) is 19.9. The van der Waals surface area contributed by atoms with Crippen LogP contribution in [0.15, 0.2) is 48.7 Å². The highest BCUT2D eigenvalue weighted by atomic mass is 32.1. The van der Waals surface area contributed by atoms with Crippen molar-refractivity contribution < 1.29 is 28.8 Å². The van der Waals surface area contributed by atoms with Crippen LogP contribution in [0.1, 0.15) is 18.2 Å². The van der Waals surface area contributed by atoms with Gasteiger partial charge >= 0.3 is 5.97 Å². The molecule has 0 atom stereocenters. The molecule has 9 heteroatoms. The summed E-state index contributed by atoms with van der Waals surface area (Å²) in [6, 6.07) is 13.3. The first-order valence-electron chi connectivity index (χ1n) is 11.3. The fourth-order valence-corrected chi connectivity index (χ4v) is 4.53. The molecule has 4 rings (SSSR count). The molecule has 0 unspecified atom stereocenters. The highest BCUT2D eigenvalue weighted by Gasteiger charge is 2.13. The fraction of sp³-hybridized carbons (Fsp3) is 0.308. The Morgan fingerprint density at radius 2 is 1.89 bits per heavy atom. The van der Waals surface area contributed by atoms with Gasteiger partial charge in [-0.3, -0.25) is 4.79 Å². The minimum atomic E-state index is -0.872. The maximum absolute atomic E-state index is 11.0. The number of benzene rings is 2. The van der Waals surface area contributed by atoms with E-state index >= 15 is 0 Å².